The van der Waals surface area contributed by atoms with E-state index in [1.165, 1.54) is 0 Å². The summed E-state index contributed by atoms with van der Waals surface area (Å²) in [6, 6.07) is 4.71. The summed E-state index contributed by atoms with van der Waals surface area (Å²) in [7, 11) is -3.71. The SMILES string of the molecule is CS(=O)(=O)N[C@@H]1[C@H](Cc2cccc(Cl)c2)NCC1(F)F.Cl. The first-order chi connectivity index (χ1) is 9.17. The van der Waals surface area contributed by atoms with Crippen molar-refractivity contribution in [1.82, 2.24) is 10.0 Å². The molecule has 2 N–H and O–H groups in total. The first-order valence-corrected chi connectivity index (χ1v) is 8.27. The fourth-order valence-electron chi connectivity index (χ4n) is 2.30. The van der Waals surface area contributed by atoms with E-state index in [1.54, 1.807) is 24.3 Å². The van der Waals surface area contributed by atoms with Crippen molar-refractivity contribution < 1.29 is 17.2 Å². The fourth-order valence-corrected chi connectivity index (χ4v) is 3.31. The van der Waals surface area contributed by atoms with Crippen molar-refractivity contribution in [3.05, 3.63) is 34.9 Å². The summed E-state index contributed by atoms with van der Waals surface area (Å²) < 4.78 is 52.0. The number of halogens is 4. The molecule has 2 rings (SSSR count). The standard InChI is InChI=1S/C12H15ClF2N2O2S.ClH/c1-20(18,19)17-11-10(16-7-12(11,14)15)6-8-3-2-4-9(13)5-8;/h2-5,10-11,16-17H,6-7H2,1H3;1H/t10-,11+;/m0./s1. The first kappa shape index (κ1) is 18.6. The van der Waals surface area contributed by atoms with Gasteiger partial charge < -0.3 is 5.32 Å². The lowest BCUT2D eigenvalue weighted by Crippen LogP contribution is -2.51. The fraction of sp³-hybridized carbons (Fsp3) is 0.500. The number of sulfonamides is 1. The van der Waals surface area contributed by atoms with Crippen LogP contribution in [0.3, 0.4) is 0 Å². The topological polar surface area (TPSA) is 58.2 Å². The highest BCUT2D eigenvalue weighted by molar-refractivity contribution is 7.88. The van der Waals surface area contributed by atoms with Gasteiger partial charge in [0.05, 0.1) is 12.8 Å². The highest BCUT2D eigenvalue weighted by Crippen LogP contribution is 2.28. The number of rotatable bonds is 4. The van der Waals surface area contributed by atoms with Crippen molar-refractivity contribution in [3.63, 3.8) is 0 Å². The maximum Gasteiger partial charge on any atom is 0.277 e. The van der Waals surface area contributed by atoms with Gasteiger partial charge >= 0.3 is 0 Å². The van der Waals surface area contributed by atoms with Crippen molar-refractivity contribution in [1.29, 1.82) is 0 Å². The molecule has 1 aromatic carbocycles. The number of hydrogen-bond donors (Lipinski definition) is 2. The van der Waals surface area contributed by atoms with Crippen LogP contribution in [0.5, 0.6) is 0 Å². The molecule has 120 valence electrons. The predicted molar refractivity (Wildman–Crippen MR) is 80.9 cm³/mol. The van der Waals surface area contributed by atoms with E-state index in [4.69, 9.17) is 11.6 Å². The second kappa shape index (κ2) is 6.75. The van der Waals surface area contributed by atoms with Crippen LogP contribution in [-0.2, 0) is 16.4 Å². The minimum absolute atomic E-state index is 0. The smallest absolute Gasteiger partial charge is 0.277 e. The Bertz CT molecular complexity index is 599. The summed E-state index contributed by atoms with van der Waals surface area (Å²) in [4.78, 5) is 0. The van der Waals surface area contributed by atoms with Gasteiger partial charge in [-0.05, 0) is 24.1 Å². The number of alkyl halides is 2. The van der Waals surface area contributed by atoms with Crippen molar-refractivity contribution in [3.8, 4) is 0 Å². The van der Waals surface area contributed by atoms with Crippen molar-refractivity contribution >= 4 is 34.0 Å². The first-order valence-electron chi connectivity index (χ1n) is 6.00. The van der Waals surface area contributed by atoms with E-state index >= 15 is 0 Å². The Morgan fingerprint density at radius 1 is 1.48 bits per heavy atom. The summed E-state index contributed by atoms with van der Waals surface area (Å²) in [5, 5.41) is 3.18. The molecule has 1 fully saturated rings. The lowest BCUT2D eigenvalue weighted by Gasteiger charge is -2.23. The molecule has 0 saturated carbocycles. The Hall–Kier alpha value is -0.470. The molecule has 1 aromatic rings. The molecule has 1 heterocycles. The van der Waals surface area contributed by atoms with Crippen LogP contribution in [-0.4, -0.2) is 39.2 Å². The Morgan fingerprint density at radius 3 is 2.71 bits per heavy atom. The van der Waals surface area contributed by atoms with Gasteiger partial charge in [-0.25, -0.2) is 21.9 Å². The predicted octanol–water partition coefficient (Wildman–Crippen LogP) is 1.83. The third-order valence-corrected chi connectivity index (χ3v) is 4.06. The van der Waals surface area contributed by atoms with Crippen molar-refractivity contribution in [2.24, 2.45) is 0 Å². The summed E-state index contributed by atoms with van der Waals surface area (Å²) in [5.41, 5.74) is 0.771. The van der Waals surface area contributed by atoms with E-state index in [0.717, 1.165) is 11.8 Å². The molecule has 21 heavy (non-hydrogen) atoms. The van der Waals surface area contributed by atoms with Crippen LogP contribution >= 0.6 is 24.0 Å². The van der Waals surface area contributed by atoms with E-state index in [9.17, 15) is 17.2 Å². The quantitative estimate of drug-likeness (QED) is 0.860. The van der Waals surface area contributed by atoms with Crippen LogP contribution in [0.2, 0.25) is 5.02 Å². The van der Waals surface area contributed by atoms with Gasteiger partial charge in [0.25, 0.3) is 5.92 Å². The van der Waals surface area contributed by atoms with E-state index in [-0.39, 0.29) is 18.8 Å². The molecule has 0 unspecified atom stereocenters. The molecule has 1 aliphatic heterocycles. The van der Waals surface area contributed by atoms with E-state index in [1.807, 2.05) is 4.72 Å². The van der Waals surface area contributed by atoms with Gasteiger partial charge in [-0.15, -0.1) is 12.4 Å². The number of benzene rings is 1. The molecule has 0 aromatic heterocycles. The second-order valence-electron chi connectivity index (χ2n) is 4.95. The Labute approximate surface area is 133 Å². The molecule has 0 amide bonds. The normalized spacial score (nSPS) is 24.6. The zero-order valence-electron chi connectivity index (χ0n) is 11.1. The molecular weight excluding hydrogens is 345 g/mol. The van der Waals surface area contributed by atoms with Crippen LogP contribution < -0.4 is 10.0 Å². The minimum atomic E-state index is -3.71. The molecule has 1 saturated heterocycles. The minimum Gasteiger partial charge on any atom is -0.306 e. The molecule has 1 aliphatic rings. The van der Waals surface area contributed by atoms with Gasteiger partial charge in [0.1, 0.15) is 6.04 Å². The molecular formula is C12H16Cl2F2N2O2S. The van der Waals surface area contributed by atoms with Crippen LogP contribution in [0.4, 0.5) is 8.78 Å². The van der Waals surface area contributed by atoms with Gasteiger partial charge in [0, 0.05) is 11.1 Å². The third kappa shape index (κ3) is 5.03. The van der Waals surface area contributed by atoms with E-state index in [0.29, 0.717) is 5.02 Å². The summed E-state index contributed by atoms with van der Waals surface area (Å²) in [5.74, 6) is -3.12. The maximum absolute atomic E-state index is 13.8. The van der Waals surface area contributed by atoms with Gasteiger partial charge in [0.15, 0.2) is 0 Å². The average Bonchev–Trinajstić information content (AvgIpc) is 2.55. The van der Waals surface area contributed by atoms with Crippen LogP contribution in [0, 0.1) is 0 Å². The van der Waals surface area contributed by atoms with Crippen LogP contribution in [0.25, 0.3) is 0 Å². The lowest BCUT2D eigenvalue weighted by molar-refractivity contribution is -0.000807. The second-order valence-corrected chi connectivity index (χ2v) is 7.17. The van der Waals surface area contributed by atoms with Crippen LogP contribution in [0.15, 0.2) is 24.3 Å². The maximum atomic E-state index is 13.8. The van der Waals surface area contributed by atoms with Gasteiger partial charge in [-0.1, -0.05) is 23.7 Å². The molecule has 0 aliphatic carbocycles. The molecule has 4 nitrogen and oxygen atoms in total. The Balaban J connectivity index is 0.00000220. The van der Waals surface area contributed by atoms with Crippen LogP contribution in [0.1, 0.15) is 5.56 Å². The largest absolute Gasteiger partial charge is 0.306 e. The van der Waals surface area contributed by atoms with Crippen molar-refractivity contribution in [2.45, 2.75) is 24.4 Å². The summed E-state index contributed by atoms with van der Waals surface area (Å²) >= 11 is 5.85. The zero-order chi connectivity index (χ0) is 15.0. The number of nitrogens with one attached hydrogen (secondary N) is 2. The molecule has 0 bridgehead atoms. The number of hydrogen-bond acceptors (Lipinski definition) is 3. The molecule has 9 heteroatoms. The molecule has 0 radical (unpaired) electrons. The summed E-state index contributed by atoms with van der Waals surface area (Å²) in [6.07, 6.45) is 1.14. The highest BCUT2D eigenvalue weighted by atomic mass is 35.5. The summed E-state index contributed by atoms with van der Waals surface area (Å²) in [6.45, 7) is -0.550. The lowest BCUT2D eigenvalue weighted by atomic mass is 10.00. The average molecular weight is 361 g/mol. The Morgan fingerprint density at radius 2 is 2.14 bits per heavy atom. The van der Waals surface area contributed by atoms with Crippen molar-refractivity contribution in [2.75, 3.05) is 12.8 Å². The highest BCUT2D eigenvalue weighted by Gasteiger charge is 2.51. The van der Waals surface area contributed by atoms with E-state index < -0.39 is 34.6 Å². The molecule has 2 atom stereocenters. The van der Waals surface area contributed by atoms with E-state index in [2.05, 4.69) is 5.32 Å². The van der Waals surface area contributed by atoms with Gasteiger partial charge in [-0.2, -0.15) is 0 Å². The Kier molecular flexibility index (Phi) is 5.97. The monoisotopic (exact) mass is 360 g/mol. The van der Waals surface area contributed by atoms with Gasteiger partial charge in [-0.3, -0.25) is 0 Å². The molecule has 0 spiro atoms. The zero-order valence-corrected chi connectivity index (χ0v) is 13.5. The van der Waals surface area contributed by atoms with Gasteiger partial charge in [0.2, 0.25) is 10.0 Å². The third-order valence-electron chi connectivity index (χ3n) is 3.14.